The van der Waals surface area contributed by atoms with Crippen molar-refractivity contribution >= 4 is 23.2 Å². The van der Waals surface area contributed by atoms with E-state index in [0.717, 1.165) is 17.5 Å². The molecule has 2 rings (SSSR count). The molecule has 0 amide bonds. The SMILES string of the molecule is CCC(c1ccc(Cl)cc1Cl)C(C#N)c1cccnc1. The first kappa shape index (κ1) is 14.8. The molecule has 0 aliphatic heterocycles. The lowest BCUT2D eigenvalue weighted by atomic mass is 9.81. The number of nitrogens with zero attached hydrogens (tertiary/aromatic N) is 2. The summed E-state index contributed by atoms with van der Waals surface area (Å²) >= 11 is 12.2. The maximum Gasteiger partial charge on any atom is 0.0796 e. The molecule has 20 heavy (non-hydrogen) atoms. The van der Waals surface area contributed by atoms with E-state index < -0.39 is 0 Å². The van der Waals surface area contributed by atoms with Gasteiger partial charge in [-0.1, -0.05) is 42.3 Å². The largest absolute Gasteiger partial charge is 0.264 e. The Morgan fingerprint density at radius 2 is 2.10 bits per heavy atom. The van der Waals surface area contributed by atoms with E-state index in [9.17, 15) is 5.26 Å². The van der Waals surface area contributed by atoms with Crippen molar-refractivity contribution in [2.45, 2.75) is 25.2 Å². The van der Waals surface area contributed by atoms with Crippen LogP contribution in [0.4, 0.5) is 0 Å². The molecular formula is C16H14Cl2N2. The van der Waals surface area contributed by atoms with Crippen molar-refractivity contribution in [2.24, 2.45) is 0 Å². The Kier molecular flexibility index (Phi) is 5.00. The Balaban J connectivity index is 2.43. The van der Waals surface area contributed by atoms with E-state index in [1.165, 1.54) is 0 Å². The first-order chi connectivity index (χ1) is 9.67. The number of aromatic nitrogens is 1. The minimum atomic E-state index is -0.271. The third-order valence-corrected chi connectivity index (χ3v) is 3.95. The van der Waals surface area contributed by atoms with E-state index in [2.05, 4.69) is 18.0 Å². The summed E-state index contributed by atoms with van der Waals surface area (Å²) in [6.45, 7) is 2.05. The van der Waals surface area contributed by atoms with E-state index in [0.29, 0.717) is 10.0 Å². The summed E-state index contributed by atoms with van der Waals surface area (Å²) in [4.78, 5) is 4.10. The van der Waals surface area contributed by atoms with Crippen LogP contribution in [0.25, 0.3) is 0 Å². The molecule has 102 valence electrons. The van der Waals surface area contributed by atoms with Crippen molar-refractivity contribution in [3.05, 3.63) is 63.9 Å². The quantitative estimate of drug-likeness (QED) is 0.779. The van der Waals surface area contributed by atoms with Gasteiger partial charge in [-0.2, -0.15) is 5.26 Å². The second-order valence-electron chi connectivity index (χ2n) is 4.57. The molecule has 1 aromatic heterocycles. The van der Waals surface area contributed by atoms with Gasteiger partial charge in [0.2, 0.25) is 0 Å². The molecule has 2 atom stereocenters. The van der Waals surface area contributed by atoms with Crippen molar-refractivity contribution in [3.63, 3.8) is 0 Å². The second-order valence-corrected chi connectivity index (χ2v) is 5.42. The van der Waals surface area contributed by atoms with Crippen LogP contribution in [0, 0.1) is 11.3 Å². The molecule has 0 aliphatic carbocycles. The van der Waals surface area contributed by atoms with Gasteiger partial charge in [-0.05, 0) is 35.7 Å². The predicted octanol–water partition coefficient (Wildman–Crippen LogP) is 5.19. The van der Waals surface area contributed by atoms with Crippen LogP contribution < -0.4 is 0 Å². The fourth-order valence-corrected chi connectivity index (χ4v) is 2.94. The Morgan fingerprint density at radius 1 is 1.30 bits per heavy atom. The van der Waals surface area contributed by atoms with Gasteiger partial charge in [0, 0.05) is 28.4 Å². The molecule has 1 heterocycles. The minimum Gasteiger partial charge on any atom is -0.264 e. The summed E-state index contributed by atoms with van der Waals surface area (Å²) in [5, 5.41) is 10.7. The lowest BCUT2D eigenvalue weighted by molar-refractivity contribution is 0.606. The van der Waals surface area contributed by atoms with E-state index in [1.54, 1.807) is 18.5 Å². The highest BCUT2D eigenvalue weighted by atomic mass is 35.5. The maximum absolute atomic E-state index is 9.54. The lowest BCUT2D eigenvalue weighted by Crippen LogP contribution is -2.10. The van der Waals surface area contributed by atoms with Crippen molar-refractivity contribution < 1.29 is 0 Å². The Morgan fingerprint density at radius 3 is 2.65 bits per heavy atom. The molecule has 0 spiro atoms. The number of nitriles is 1. The van der Waals surface area contributed by atoms with Crippen LogP contribution in [-0.4, -0.2) is 4.98 Å². The first-order valence-electron chi connectivity index (χ1n) is 6.41. The third-order valence-electron chi connectivity index (χ3n) is 3.39. The monoisotopic (exact) mass is 304 g/mol. The Labute approximate surface area is 129 Å². The first-order valence-corrected chi connectivity index (χ1v) is 7.17. The molecule has 2 aromatic rings. The van der Waals surface area contributed by atoms with Gasteiger partial charge in [-0.25, -0.2) is 0 Å². The molecule has 4 heteroatoms. The predicted molar refractivity (Wildman–Crippen MR) is 82.1 cm³/mol. The average molecular weight is 305 g/mol. The van der Waals surface area contributed by atoms with Crippen molar-refractivity contribution in [3.8, 4) is 6.07 Å². The number of hydrogen-bond acceptors (Lipinski definition) is 2. The highest BCUT2D eigenvalue weighted by Gasteiger charge is 2.25. The van der Waals surface area contributed by atoms with Gasteiger partial charge in [0.1, 0.15) is 0 Å². The van der Waals surface area contributed by atoms with Gasteiger partial charge in [0.25, 0.3) is 0 Å². The molecule has 0 aliphatic rings. The fourth-order valence-electron chi connectivity index (χ4n) is 2.39. The standard InChI is InChI=1S/C16H14Cl2N2/c1-2-13(14-6-5-12(17)8-16(14)18)15(9-19)11-4-3-7-20-10-11/h3-8,10,13,15H,2H2,1H3. The van der Waals surface area contributed by atoms with E-state index in [4.69, 9.17) is 23.2 Å². The molecule has 0 saturated carbocycles. The highest BCUT2D eigenvalue weighted by molar-refractivity contribution is 6.35. The smallest absolute Gasteiger partial charge is 0.0796 e. The Hall–Kier alpha value is -1.56. The zero-order chi connectivity index (χ0) is 14.5. The summed E-state index contributed by atoms with van der Waals surface area (Å²) in [5.41, 5.74) is 1.86. The molecule has 0 bridgehead atoms. The van der Waals surface area contributed by atoms with Crippen LogP contribution in [-0.2, 0) is 0 Å². The lowest BCUT2D eigenvalue weighted by Gasteiger charge is -2.22. The van der Waals surface area contributed by atoms with Crippen LogP contribution >= 0.6 is 23.2 Å². The molecule has 2 nitrogen and oxygen atoms in total. The normalized spacial score (nSPS) is 13.5. The van der Waals surface area contributed by atoms with Crippen LogP contribution in [0.3, 0.4) is 0 Å². The molecule has 0 radical (unpaired) electrons. The number of hydrogen-bond donors (Lipinski definition) is 0. The van der Waals surface area contributed by atoms with Crippen molar-refractivity contribution in [1.82, 2.24) is 4.98 Å². The molecule has 0 saturated heterocycles. The summed E-state index contributed by atoms with van der Waals surface area (Å²) in [6, 6.07) is 11.6. The number of halogens is 2. The van der Waals surface area contributed by atoms with Crippen LogP contribution in [0.1, 0.15) is 36.3 Å². The van der Waals surface area contributed by atoms with Crippen molar-refractivity contribution in [2.75, 3.05) is 0 Å². The van der Waals surface area contributed by atoms with E-state index >= 15 is 0 Å². The van der Waals surface area contributed by atoms with Gasteiger partial charge in [0.05, 0.1) is 12.0 Å². The number of pyridine rings is 1. The molecule has 1 aromatic carbocycles. The van der Waals surface area contributed by atoms with Gasteiger partial charge in [-0.15, -0.1) is 0 Å². The van der Waals surface area contributed by atoms with Gasteiger partial charge in [-0.3, -0.25) is 4.98 Å². The molecule has 2 unspecified atom stereocenters. The summed E-state index contributed by atoms with van der Waals surface area (Å²) in [5.74, 6) is -0.249. The summed E-state index contributed by atoms with van der Waals surface area (Å²) < 4.78 is 0. The summed E-state index contributed by atoms with van der Waals surface area (Å²) in [6.07, 6.45) is 4.25. The Bertz CT molecular complexity index is 620. The van der Waals surface area contributed by atoms with Crippen LogP contribution in [0.2, 0.25) is 10.0 Å². The topological polar surface area (TPSA) is 36.7 Å². The maximum atomic E-state index is 9.54. The van der Waals surface area contributed by atoms with Gasteiger partial charge >= 0.3 is 0 Å². The van der Waals surface area contributed by atoms with E-state index in [-0.39, 0.29) is 11.8 Å². The summed E-state index contributed by atoms with van der Waals surface area (Å²) in [7, 11) is 0. The number of benzene rings is 1. The fraction of sp³-hybridized carbons (Fsp3) is 0.250. The molecule has 0 fully saturated rings. The molecular weight excluding hydrogens is 291 g/mol. The number of rotatable bonds is 4. The van der Waals surface area contributed by atoms with Gasteiger partial charge < -0.3 is 0 Å². The average Bonchev–Trinajstić information content (AvgIpc) is 2.46. The second kappa shape index (κ2) is 6.74. The van der Waals surface area contributed by atoms with Crippen LogP contribution in [0.15, 0.2) is 42.7 Å². The molecule has 0 N–H and O–H groups in total. The zero-order valence-electron chi connectivity index (χ0n) is 11.1. The third kappa shape index (κ3) is 3.12. The van der Waals surface area contributed by atoms with Gasteiger partial charge in [0.15, 0.2) is 0 Å². The van der Waals surface area contributed by atoms with Crippen molar-refractivity contribution in [1.29, 1.82) is 5.26 Å². The highest BCUT2D eigenvalue weighted by Crippen LogP contribution is 2.38. The minimum absolute atomic E-state index is 0.0222. The van der Waals surface area contributed by atoms with E-state index in [1.807, 2.05) is 24.3 Å². The zero-order valence-corrected chi connectivity index (χ0v) is 12.6. The van der Waals surface area contributed by atoms with Crippen LogP contribution in [0.5, 0.6) is 0 Å².